The molecular formula is C14H16N2OS. The van der Waals surface area contributed by atoms with E-state index < -0.39 is 0 Å². The molecule has 3 rings (SSSR count). The van der Waals surface area contributed by atoms with Crippen molar-refractivity contribution < 1.29 is 4.74 Å². The van der Waals surface area contributed by atoms with E-state index in [1.165, 1.54) is 28.3 Å². The van der Waals surface area contributed by atoms with Gasteiger partial charge in [0, 0.05) is 6.20 Å². The Morgan fingerprint density at radius 3 is 3.17 bits per heavy atom. The van der Waals surface area contributed by atoms with Crippen LogP contribution in [0.4, 0.5) is 0 Å². The number of hydrogen-bond acceptors (Lipinski definition) is 4. The summed E-state index contributed by atoms with van der Waals surface area (Å²) in [5.41, 5.74) is 1.18. The lowest BCUT2D eigenvalue weighted by Gasteiger charge is -2.04. The minimum absolute atomic E-state index is 0.453. The van der Waals surface area contributed by atoms with Gasteiger partial charge in [-0.2, -0.15) is 0 Å². The van der Waals surface area contributed by atoms with Crippen LogP contribution < -0.4 is 10.1 Å². The molecular weight excluding hydrogens is 244 g/mol. The molecule has 94 valence electrons. The molecule has 0 amide bonds. The number of ether oxygens (including phenoxy) is 1. The van der Waals surface area contributed by atoms with E-state index in [1.807, 2.05) is 18.3 Å². The summed E-state index contributed by atoms with van der Waals surface area (Å²) in [4.78, 5) is 5.75. The van der Waals surface area contributed by atoms with Crippen LogP contribution in [0.5, 0.6) is 5.75 Å². The van der Waals surface area contributed by atoms with E-state index in [9.17, 15) is 0 Å². The van der Waals surface area contributed by atoms with Crippen molar-refractivity contribution in [3.05, 3.63) is 35.5 Å². The molecule has 2 aromatic rings. The second-order valence-electron chi connectivity index (χ2n) is 4.44. The molecule has 0 spiro atoms. The second-order valence-corrected chi connectivity index (χ2v) is 5.51. The van der Waals surface area contributed by atoms with Crippen LogP contribution in [0.3, 0.4) is 0 Å². The number of rotatable bonds is 3. The van der Waals surface area contributed by atoms with Crippen molar-refractivity contribution >= 4 is 11.3 Å². The van der Waals surface area contributed by atoms with Gasteiger partial charge < -0.3 is 10.1 Å². The zero-order valence-electron chi connectivity index (χ0n) is 10.3. The number of benzene rings is 1. The lowest BCUT2D eigenvalue weighted by Crippen LogP contribution is -2.12. The molecule has 1 aromatic carbocycles. The maximum Gasteiger partial charge on any atom is 0.119 e. The highest BCUT2D eigenvalue weighted by Crippen LogP contribution is 2.33. The SMILES string of the molecule is COc1cccc(-c2cnc([C@@H]3CCCN3)s2)c1. The zero-order valence-corrected chi connectivity index (χ0v) is 11.2. The van der Waals surface area contributed by atoms with Gasteiger partial charge in [-0.15, -0.1) is 11.3 Å². The molecule has 1 aromatic heterocycles. The Bertz CT molecular complexity index is 532. The molecule has 0 unspecified atom stereocenters. The van der Waals surface area contributed by atoms with Gasteiger partial charge in [0.05, 0.1) is 18.0 Å². The monoisotopic (exact) mass is 260 g/mol. The van der Waals surface area contributed by atoms with Gasteiger partial charge in [0.25, 0.3) is 0 Å². The molecule has 1 N–H and O–H groups in total. The minimum atomic E-state index is 0.453. The normalized spacial score (nSPS) is 19.1. The number of nitrogens with one attached hydrogen (secondary N) is 1. The van der Waals surface area contributed by atoms with Gasteiger partial charge >= 0.3 is 0 Å². The molecule has 0 radical (unpaired) electrons. The Balaban J connectivity index is 1.87. The number of aromatic nitrogens is 1. The molecule has 0 aliphatic carbocycles. The molecule has 18 heavy (non-hydrogen) atoms. The van der Waals surface area contributed by atoms with Crippen molar-refractivity contribution in [2.24, 2.45) is 0 Å². The van der Waals surface area contributed by atoms with Crippen LogP contribution in [0.25, 0.3) is 10.4 Å². The lowest BCUT2D eigenvalue weighted by molar-refractivity contribution is 0.415. The fourth-order valence-electron chi connectivity index (χ4n) is 2.25. The van der Waals surface area contributed by atoms with Gasteiger partial charge in [0.15, 0.2) is 0 Å². The van der Waals surface area contributed by atoms with Gasteiger partial charge in [0.1, 0.15) is 10.8 Å². The van der Waals surface area contributed by atoms with Crippen LogP contribution in [-0.4, -0.2) is 18.6 Å². The zero-order chi connectivity index (χ0) is 12.4. The third kappa shape index (κ3) is 2.26. The Hall–Kier alpha value is -1.39. The van der Waals surface area contributed by atoms with Crippen LogP contribution in [0.1, 0.15) is 23.9 Å². The van der Waals surface area contributed by atoms with Crippen molar-refractivity contribution in [2.75, 3.05) is 13.7 Å². The maximum absolute atomic E-state index is 5.25. The molecule has 1 saturated heterocycles. The summed E-state index contributed by atoms with van der Waals surface area (Å²) in [6.07, 6.45) is 4.42. The smallest absolute Gasteiger partial charge is 0.119 e. The lowest BCUT2D eigenvalue weighted by atomic mass is 10.2. The molecule has 4 heteroatoms. The second kappa shape index (κ2) is 5.08. The topological polar surface area (TPSA) is 34.1 Å². The summed E-state index contributed by atoms with van der Waals surface area (Å²) in [6.45, 7) is 1.11. The van der Waals surface area contributed by atoms with Crippen LogP contribution in [0.15, 0.2) is 30.5 Å². The van der Waals surface area contributed by atoms with E-state index in [1.54, 1.807) is 18.4 Å². The summed E-state index contributed by atoms with van der Waals surface area (Å²) >= 11 is 1.77. The van der Waals surface area contributed by atoms with Crippen LogP contribution >= 0.6 is 11.3 Å². The highest BCUT2D eigenvalue weighted by molar-refractivity contribution is 7.15. The molecule has 0 saturated carbocycles. The van der Waals surface area contributed by atoms with Gasteiger partial charge in [-0.3, -0.25) is 0 Å². The van der Waals surface area contributed by atoms with Gasteiger partial charge in [0.2, 0.25) is 0 Å². The summed E-state index contributed by atoms with van der Waals surface area (Å²) in [5, 5.41) is 4.68. The summed E-state index contributed by atoms with van der Waals surface area (Å²) in [5.74, 6) is 0.890. The molecule has 3 nitrogen and oxygen atoms in total. The number of methoxy groups -OCH3 is 1. The first-order valence-corrected chi connectivity index (χ1v) is 7.02. The van der Waals surface area contributed by atoms with Gasteiger partial charge in [-0.1, -0.05) is 12.1 Å². The largest absolute Gasteiger partial charge is 0.497 e. The van der Waals surface area contributed by atoms with Crippen LogP contribution in [-0.2, 0) is 0 Å². The predicted octanol–water partition coefficient (Wildman–Crippen LogP) is 3.24. The Morgan fingerprint density at radius 1 is 1.44 bits per heavy atom. The van der Waals surface area contributed by atoms with E-state index in [4.69, 9.17) is 4.74 Å². The van der Waals surface area contributed by atoms with Gasteiger partial charge in [-0.05, 0) is 37.1 Å². The summed E-state index contributed by atoms with van der Waals surface area (Å²) in [6, 6.07) is 8.58. The van der Waals surface area contributed by atoms with E-state index in [0.717, 1.165) is 12.3 Å². The fraction of sp³-hybridized carbons (Fsp3) is 0.357. The van der Waals surface area contributed by atoms with E-state index in [2.05, 4.69) is 22.4 Å². The number of nitrogens with zero attached hydrogens (tertiary/aromatic N) is 1. The molecule has 2 heterocycles. The van der Waals surface area contributed by atoms with Gasteiger partial charge in [-0.25, -0.2) is 4.98 Å². The van der Waals surface area contributed by atoms with Crippen molar-refractivity contribution in [1.29, 1.82) is 0 Å². The highest BCUT2D eigenvalue weighted by atomic mass is 32.1. The van der Waals surface area contributed by atoms with Crippen molar-refractivity contribution in [3.63, 3.8) is 0 Å². The average molecular weight is 260 g/mol. The minimum Gasteiger partial charge on any atom is -0.497 e. The highest BCUT2D eigenvalue weighted by Gasteiger charge is 2.19. The van der Waals surface area contributed by atoms with Crippen molar-refractivity contribution in [1.82, 2.24) is 10.3 Å². The molecule has 1 aliphatic heterocycles. The predicted molar refractivity (Wildman–Crippen MR) is 74.1 cm³/mol. The van der Waals surface area contributed by atoms with E-state index in [-0.39, 0.29) is 0 Å². The first-order chi connectivity index (χ1) is 8.86. The summed E-state index contributed by atoms with van der Waals surface area (Å²) < 4.78 is 5.25. The van der Waals surface area contributed by atoms with Crippen molar-refractivity contribution in [3.8, 4) is 16.2 Å². The molecule has 1 atom stereocenters. The number of hydrogen-bond donors (Lipinski definition) is 1. The third-order valence-electron chi connectivity index (χ3n) is 3.24. The molecule has 1 aliphatic rings. The Morgan fingerprint density at radius 2 is 2.39 bits per heavy atom. The average Bonchev–Trinajstić information content (AvgIpc) is 3.09. The quantitative estimate of drug-likeness (QED) is 0.920. The number of thiazole rings is 1. The Kier molecular flexibility index (Phi) is 3.30. The van der Waals surface area contributed by atoms with E-state index >= 15 is 0 Å². The molecule has 1 fully saturated rings. The third-order valence-corrected chi connectivity index (χ3v) is 4.40. The first kappa shape index (κ1) is 11.7. The van der Waals surface area contributed by atoms with Crippen molar-refractivity contribution in [2.45, 2.75) is 18.9 Å². The maximum atomic E-state index is 5.25. The van der Waals surface area contributed by atoms with Crippen LogP contribution in [0, 0.1) is 0 Å². The first-order valence-electron chi connectivity index (χ1n) is 6.20. The fourth-order valence-corrected chi connectivity index (χ4v) is 3.28. The summed E-state index contributed by atoms with van der Waals surface area (Å²) in [7, 11) is 1.69. The van der Waals surface area contributed by atoms with Crippen LogP contribution in [0.2, 0.25) is 0 Å². The molecule has 0 bridgehead atoms. The standard InChI is InChI=1S/C14H16N2OS/c1-17-11-5-2-4-10(8-11)13-9-16-14(18-13)12-6-3-7-15-12/h2,4-5,8-9,12,15H,3,6-7H2,1H3/t12-/m0/s1. The van der Waals surface area contributed by atoms with E-state index in [0.29, 0.717) is 6.04 Å². The Labute approximate surface area is 111 Å².